The average molecular weight is 352 g/mol. The number of nitrogens with one attached hydrogen (secondary N) is 2. The highest BCUT2D eigenvalue weighted by Crippen LogP contribution is 2.26. The van der Waals surface area contributed by atoms with Gasteiger partial charge in [0.1, 0.15) is 5.75 Å². The molecule has 2 aromatic carbocycles. The molecule has 1 unspecified atom stereocenters. The van der Waals surface area contributed by atoms with Crippen LogP contribution in [0.1, 0.15) is 47.8 Å². The van der Waals surface area contributed by atoms with Crippen molar-refractivity contribution in [3.8, 4) is 5.75 Å². The molecule has 1 aliphatic heterocycles. The van der Waals surface area contributed by atoms with Gasteiger partial charge in [-0.2, -0.15) is 0 Å². The number of hydrogen-bond acceptors (Lipinski definition) is 3. The first-order valence-electron chi connectivity index (χ1n) is 8.85. The van der Waals surface area contributed by atoms with Gasteiger partial charge in [0.05, 0.1) is 13.2 Å². The molecule has 1 atom stereocenters. The number of methoxy groups -OCH3 is 1. The van der Waals surface area contributed by atoms with Crippen molar-refractivity contribution in [2.24, 2.45) is 5.92 Å². The predicted molar refractivity (Wildman–Crippen MR) is 101 cm³/mol. The van der Waals surface area contributed by atoms with Crippen LogP contribution in [0.3, 0.4) is 0 Å². The van der Waals surface area contributed by atoms with Crippen LogP contribution in [-0.4, -0.2) is 18.9 Å². The summed E-state index contributed by atoms with van der Waals surface area (Å²) in [5, 5.41) is 5.97. The Hall–Kier alpha value is -2.82. The normalized spacial score (nSPS) is 14.4. The van der Waals surface area contributed by atoms with Crippen LogP contribution in [0.2, 0.25) is 0 Å². The van der Waals surface area contributed by atoms with Gasteiger partial charge in [0.2, 0.25) is 5.91 Å². The fourth-order valence-electron chi connectivity index (χ4n) is 3.20. The molecule has 136 valence electrons. The molecule has 0 spiro atoms. The smallest absolute Gasteiger partial charge is 0.251 e. The standard InChI is InChI=1S/C21H24N2O3/c1-13(2)20(14-4-8-17(26-3)9-5-14)23-21(25)16-6-10-18-15(12-16)7-11-19(24)22-18/h4-6,8-10,12-13,20H,7,11H2,1-3H3,(H,22,24)(H,23,25). The Labute approximate surface area is 153 Å². The van der Waals surface area contributed by atoms with Gasteiger partial charge in [-0.25, -0.2) is 0 Å². The number of ether oxygens (including phenoxy) is 1. The lowest BCUT2D eigenvalue weighted by Crippen LogP contribution is -2.32. The van der Waals surface area contributed by atoms with Crippen LogP contribution in [0.4, 0.5) is 5.69 Å². The van der Waals surface area contributed by atoms with Gasteiger partial charge in [0, 0.05) is 17.7 Å². The molecule has 1 heterocycles. The van der Waals surface area contributed by atoms with Gasteiger partial charge >= 0.3 is 0 Å². The molecule has 3 rings (SSSR count). The third-order valence-corrected chi connectivity index (χ3v) is 4.69. The number of aryl methyl sites for hydroxylation is 1. The van der Waals surface area contributed by atoms with Crippen molar-refractivity contribution in [3.05, 3.63) is 59.2 Å². The van der Waals surface area contributed by atoms with Gasteiger partial charge in [0.15, 0.2) is 0 Å². The Morgan fingerprint density at radius 3 is 2.50 bits per heavy atom. The van der Waals surface area contributed by atoms with E-state index in [1.165, 1.54) is 0 Å². The molecule has 2 amide bonds. The summed E-state index contributed by atoms with van der Waals surface area (Å²) in [6, 6.07) is 13.1. The van der Waals surface area contributed by atoms with Gasteiger partial charge < -0.3 is 15.4 Å². The highest BCUT2D eigenvalue weighted by molar-refractivity contribution is 5.98. The van der Waals surface area contributed by atoms with Crippen molar-refractivity contribution in [2.75, 3.05) is 12.4 Å². The van der Waals surface area contributed by atoms with Crippen molar-refractivity contribution >= 4 is 17.5 Å². The first-order valence-corrected chi connectivity index (χ1v) is 8.85. The molecule has 1 aliphatic rings. The molecule has 0 radical (unpaired) electrons. The lowest BCUT2D eigenvalue weighted by molar-refractivity contribution is -0.116. The van der Waals surface area contributed by atoms with E-state index in [4.69, 9.17) is 4.74 Å². The van der Waals surface area contributed by atoms with E-state index in [0.717, 1.165) is 22.6 Å². The number of carbonyl (C=O) groups is 2. The molecule has 0 saturated heterocycles. The first-order chi connectivity index (χ1) is 12.5. The summed E-state index contributed by atoms with van der Waals surface area (Å²) < 4.78 is 5.20. The summed E-state index contributed by atoms with van der Waals surface area (Å²) in [5.41, 5.74) is 3.45. The molecule has 5 heteroatoms. The number of amides is 2. The number of benzene rings is 2. The van der Waals surface area contributed by atoms with Crippen molar-refractivity contribution in [1.29, 1.82) is 0 Å². The Morgan fingerprint density at radius 1 is 1.12 bits per heavy atom. The number of hydrogen-bond donors (Lipinski definition) is 2. The highest BCUT2D eigenvalue weighted by Gasteiger charge is 2.21. The summed E-state index contributed by atoms with van der Waals surface area (Å²) in [6.07, 6.45) is 1.12. The molecule has 0 aromatic heterocycles. The molecule has 2 aromatic rings. The molecule has 0 bridgehead atoms. The number of fused-ring (bicyclic) bond motifs is 1. The zero-order valence-electron chi connectivity index (χ0n) is 15.3. The lowest BCUT2D eigenvalue weighted by Gasteiger charge is -2.24. The molecular formula is C21H24N2O3. The van der Waals surface area contributed by atoms with Crippen LogP contribution >= 0.6 is 0 Å². The van der Waals surface area contributed by atoms with Gasteiger partial charge in [-0.15, -0.1) is 0 Å². The van der Waals surface area contributed by atoms with Crippen LogP contribution in [-0.2, 0) is 11.2 Å². The van der Waals surface area contributed by atoms with Gasteiger partial charge in [0.25, 0.3) is 5.91 Å². The average Bonchev–Trinajstić information content (AvgIpc) is 2.65. The maximum atomic E-state index is 12.8. The minimum absolute atomic E-state index is 0.0223. The Morgan fingerprint density at radius 2 is 1.85 bits per heavy atom. The van der Waals surface area contributed by atoms with Crippen molar-refractivity contribution in [2.45, 2.75) is 32.7 Å². The van der Waals surface area contributed by atoms with E-state index in [0.29, 0.717) is 18.4 Å². The summed E-state index contributed by atoms with van der Waals surface area (Å²) in [5.74, 6) is 0.942. The Kier molecular flexibility index (Phi) is 5.26. The van der Waals surface area contributed by atoms with Crippen LogP contribution in [0.5, 0.6) is 5.75 Å². The van der Waals surface area contributed by atoms with E-state index < -0.39 is 0 Å². The quantitative estimate of drug-likeness (QED) is 0.862. The summed E-state index contributed by atoms with van der Waals surface area (Å²) in [4.78, 5) is 24.3. The summed E-state index contributed by atoms with van der Waals surface area (Å²) >= 11 is 0. The van der Waals surface area contributed by atoms with Crippen molar-refractivity contribution < 1.29 is 14.3 Å². The molecule has 5 nitrogen and oxygen atoms in total. The fourth-order valence-corrected chi connectivity index (χ4v) is 3.20. The number of rotatable bonds is 5. The first kappa shape index (κ1) is 18.0. The minimum Gasteiger partial charge on any atom is -0.497 e. The highest BCUT2D eigenvalue weighted by atomic mass is 16.5. The summed E-state index contributed by atoms with van der Waals surface area (Å²) in [6.45, 7) is 4.16. The monoisotopic (exact) mass is 352 g/mol. The van der Waals surface area contributed by atoms with E-state index in [2.05, 4.69) is 24.5 Å². The third kappa shape index (κ3) is 3.87. The lowest BCUT2D eigenvalue weighted by atomic mass is 9.95. The van der Waals surface area contributed by atoms with E-state index in [-0.39, 0.29) is 23.8 Å². The van der Waals surface area contributed by atoms with Crippen LogP contribution in [0, 0.1) is 5.92 Å². The van der Waals surface area contributed by atoms with Crippen LogP contribution in [0.25, 0.3) is 0 Å². The molecule has 0 fully saturated rings. The van der Waals surface area contributed by atoms with E-state index in [9.17, 15) is 9.59 Å². The molecule has 0 aliphatic carbocycles. The van der Waals surface area contributed by atoms with E-state index >= 15 is 0 Å². The second-order valence-electron chi connectivity index (χ2n) is 6.89. The second kappa shape index (κ2) is 7.60. The van der Waals surface area contributed by atoms with Gasteiger partial charge in [-0.3, -0.25) is 9.59 Å². The van der Waals surface area contributed by atoms with E-state index in [1.54, 1.807) is 19.2 Å². The largest absolute Gasteiger partial charge is 0.497 e. The fraction of sp³-hybridized carbons (Fsp3) is 0.333. The molecule has 26 heavy (non-hydrogen) atoms. The SMILES string of the molecule is COc1ccc(C(NC(=O)c2ccc3c(c2)CCC(=O)N3)C(C)C)cc1. The molecule has 2 N–H and O–H groups in total. The third-order valence-electron chi connectivity index (χ3n) is 4.69. The predicted octanol–water partition coefficient (Wildman–Crippen LogP) is 3.71. The zero-order valence-corrected chi connectivity index (χ0v) is 15.3. The summed E-state index contributed by atoms with van der Waals surface area (Å²) in [7, 11) is 1.63. The van der Waals surface area contributed by atoms with Gasteiger partial charge in [-0.05, 0) is 53.8 Å². The van der Waals surface area contributed by atoms with Crippen molar-refractivity contribution in [3.63, 3.8) is 0 Å². The zero-order chi connectivity index (χ0) is 18.7. The van der Waals surface area contributed by atoms with Crippen LogP contribution < -0.4 is 15.4 Å². The Bertz CT molecular complexity index is 813. The maximum Gasteiger partial charge on any atom is 0.251 e. The molecular weight excluding hydrogens is 328 g/mol. The maximum absolute atomic E-state index is 12.8. The topological polar surface area (TPSA) is 67.4 Å². The molecule has 0 saturated carbocycles. The number of carbonyl (C=O) groups excluding carboxylic acids is 2. The van der Waals surface area contributed by atoms with Crippen LogP contribution in [0.15, 0.2) is 42.5 Å². The van der Waals surface area contributed by atoms with Gasteiger partial charge in [-0.1, -0.05) is 26.0 Å². The number of anilines is 1. The second-order valence-corrected chi connectivity index (χ2v) is 6.89. The minimum atomic E-state index is -0.112. The van der Waals surface area contributed by atoms with E-state index in [1.807, 2.05) is 30.3 Å². The van der Waals surface area contributed by atoms with Crippen molar-refractivity contribution in [1.82, 2.24) is 5.32 Å². The Balaban J connectivity index is 1.78.